The van der Waals surface area contributed by atoms with Crippen LogP contribution in [0.3, 0.4) is 0 Å². The van der Waals surface area contributed by atoms with E-state index < -0.39 is 4.92 Å². The third-order valence-corrected chi connectivity index (χ3v) is 4.36. The molecule has 0 spiro atoms. The maximum Gasteiger partial charge on any atom is 0.277 e. The molecule has 0 atom stereocenters. The van der Waals surface area contributed by atoms with Crippen LogP contribution in [0.1, 0.15) is 17.0 Å². The van der Waals surface area contributed by atoms with Gasteiger partial charge in [-0.1, -0.05) is 30.3 Å². The standard InChI is InChI=1S/C19H14N4O3/c1-11-15(21-10-20-11)9-13-18-14(22-19(13)24)7-8-16(23(25)26)17(18)12-5-3-2-4-6-12/h2-10H,1H3,(H,20,21)(H,22,24)/b13-9-. The first-order chi connectivity index (χ1) is 12.6. The summed E-state index contributed by atoms with van der Waals surface area (Å²) in [6.45, 7) is 1.82. The summed E-state index contributed by atoms with van der Waals surface area (Å²) in [5.74, 6) is -0.299. The monoisotopic (exact) mass is 346 g/mol. The molecule has 1 aromatic heterocycles. The Hall–Kier alpha value is -3.74. The number of anilines is 1. The smallest absolute Gasteiger partial charge is 0.277 e. The molecule has 2 N–H and O–H groups in total. The average Bonchev–Trinajstić information content (AvgIpc) is 3.18. The number of H-pyrrole nitrogens is 1. The molecule has 0 aliphatic carbocycles. The maximum absolute atomic E-state index is 12.5. The van der Waals surface area contributed by atoms with E-state index in [4.69, 9.17) is 0 Å². The van der Waals surface area contributed by atoms with E-state index in [0.717, 1.165) is 5.69 Å². The number of nitrogens with one attached hydrogen (secondary N) is 2. The van der Waals surface area contributed by atoms with Gasteiger partial charge in [0.25, 0.3) is 11.6 Å². The number of hydrogen-bond acceptors (Lipinski definition) is 4. The van der Waals surface area contributed by atoms with Crippen LogP contribution >= 0.6 is 0 Å². The highest BCUT2D eigenvalue weighted by molar-refractivity contribution is 6.36. The Balaban J connectivity index is 2.03. The third-order valence-electron chi connectivity index (χ3n) is 4.36. The fourth-order valence-corrected chi connectivity index (χ4v) is 3.13. The number of amides is 1. The third kappa shape index (κ3) is 2.46. The van der Waals surface area contributed by atoms with Gasteiger partial charge in [-0.2, -0.15) is 0 Å². The molecular formula is C19H14N4O3. The fourth-order valence-electron chi connectivity index (χ4n) is 3.13. The zero-order chi connectivity index (χ0) is 18.3. The van der Waals surface area contributed by atoms with Gasteiger partial charge in [0.05, 0.1) is 39.5 Å². The predicted molar refractivity (Wildman–Crippen MR) is 98.4 cm³/mol. The number of aryl methyl sites for hydroxylation is 1. The highest BCUT2D eigenvalue weighted by atomic mass is 16.6. The summed E-state index contributed by atoms with van der Waals surface area (Å²) in [5, 5.41) is 14.4. The molecular weight excluding hydrogens is 332 g/mol. The molecule has 2 heterocycles. The van der Waals surface area contributed by atoms with Crippen LogP contribution in [0.4, 0.5) is 11.4 Å². The Morgan fingerprint density at radius 1 is 1.12 bits per heavy atom. The van der Waals surface area contributed by atoms with Gasteiger partial charge >= 0.3 is 0 Å². The molecule has 26 heavy (non-hydrogen) atoms. The van der Waals surface area contributed by atoms with E-state index in [9.17, 15) is 14.9 Å². The van der Waals surface area contributed by atoms with Crippen molar-refractivity contribution < 1.29 is 9.72 Å². The van der Waals surface area contributed by atoms with Gasteiger partial charge < -0.3 is 10.3 Å². The number of aromatic nitrogens is 2. The number of nitro groups is 1. The van der Waals surface area contributed by atoms with Crippen molar-refractivity contribution in [2.24, 2.45) is 0 Å². The Morgan fingerprint density at radius 3 is 2.54 bits per heavy atom. The number of aromatic amines is 1. The van der Waals surface area contributed by atoms with Crippen molar-refractivity contribution in [3.8, 4) is 11.1 Å². The zero-order valence-electron chi connectivity index (χ0n) is 13.8. The fraction of sp³-hybridized carbons (Fsp3) is 0.0526. The number of nitro benzene ring substituents is 1. The molecule has 128 valence electrons. The number of hydrogen-bond donors (Lipinski definition) is 2. The topological polar surface area (TPSA) is 101 Å². The number of benzene rings is 2. The van der Waals surface area contributed by atoms with E-state index in [1.54, 1.807) is 30.6 Å². The van der Waals surface area contributed by atoms with Gasteiger partial charge in [-0.15, -0.1) is 0 Å². The van der Waals surface area contributed by atoms with Crippen LogP contribution in [0.5, 0.6) is 0 Å². The summed E-state index contributed by atoms with van der Waals surface area (Å²) in [6, 6.07) is 12.0. The summed E-state index contributed by atoms with van der Waals surface area (Å²) in [7, 11) is 0. The van der Waals surface area contributed by atoms with Crippen molar-refractivity contribution >= 4 is 28.9 Å². The van der Waals surface area contributed by atoms with E-state index in [1.165, 1.54) is 6.07 Å². The maximum atomic E-state index is 12.5. The number of fused-ring (bicyclic) bond motifs is 1. The number of rotatable bonds is 3. The minimum Gasteiger partial charge on any atom is -0.345 e. The first-order valence-electron chi connectivity index (χ1n) is 7.96. The molecule has 7 nitrogen and oxygen atoms in total. The van der Waals surface area contributed by atoms with Crippen molar-refractivity contribution in [3.05, 3.63) is 75.9 Å². The van der Waals surface area contributed by atoms with Crippen LogP contribution in [-0.2, 0) is 4.79 Å². The lowest BCUT2D eigenvalue weighted by Gasteiger charge is -2.09. The van der Waals surface area contributed by atoms with Gasteiger partial charge in [0.1, 0.15) is 0 Å². The molecule has 0 bridgehead atoms. The van der Waals surface area contributed by atoms with Crippen LogP contribution < -0.4 is 5.32 Å². The van der Waals surface area contributed by atoms with Crippen LogP contribution in [-0.4, -0.2) is 20.8 Å². The predicted octanol–water partition coefficient (Wildman–Crippen LogP) is 3.79. The minimum atomic E-state index is -0.426. The van der Waals surface area contributed by atoms with Gasteiger partial charge in [-0.25, -0.2) is 4.98 Å². The quantitative estimate of drug-likeness (QED) is 0.428. The zero-order valence-corrected chi connectivity index (χ0v) is 13.8. The van der Waals surface area contributed by atoms with Gasteiger partial charge in [-0.05, 0) is 24.6 Å². The molecule has 2 aromatic carbocycles. The highest BCUT2D eigenvalue weighted by Gasteiger charge is 2.32. The van der Waals surface area contributed by atoms with Crippen LogP contribution in [0.25, 0.3) is 22.8 Å². The lowest BCUT2D eigenvalue weighted by Crippen LogP contribution is -2.03. The number of imidazole rings is 1. The molecule has 0 unspecified atom stereocenters. The Bertz CT molecular complexity index is 1070. The van der Waals surface area contributed by atoms with Crippen molar-refractivity contribution in [1.82, 2.24) is 9.97 Å². The SMILES string of the molecule is Cc1nc[nH]c1/C=C1\C(=O)Nc2ccc([N+](=O)[O-])c(-c3ccccc3)c21. The van der Waals surface area contributed by atoms with Crippen molar-refractivity contribution in [3.63, 3.8) is 0 Å². The summed E-state index contributed by atoms with van der Waals surface area (Å²) < 4.78 is 0. The van der Waals surface area contributed by atoms with Crippen LogP contribution in [0.2, 0.25) is 0 Å². The van der Waals surface area contributed by atoms with Gasteiger partial charge in [0.2, 0.25) is 0 Å². The number of carbonyl (C=O) groups excluding carboxylic acids is 1. The Morgan fingerprint density at radius 2 is 1.88 bits per heavy atom. The summed E-state index contributed by atoms with van der Waals surface area (Å²) in [6.07, 6.45) is 3.22. The van der Waals surface area contributed by atoms with Crippen LogP contribution in [0, 0.1) is 17.0 Å². The molecule has 0 saturated carbocycles. The van der Waals surface area contributed by atoms with Gasteiger partial charge in [0.15, 0.2) is 0 Å². The minimum absolute atomic E-state index is 0.0429. The Kier molecular flexibility index (Phi) is 3.62. The van der Waals surface area contributed by atoms with Gasteiger partial charge in [-0.3, -0.25) is 14.9 Å². The first kappa shape index (κ1) is 15.8. The molecule has 0 radical (unpaired) electrons. The molecule has 3 aromatic rings. The molecule has 1 aliphatic rings. The van der Waals surface area contributed by atoms with E-state index in [0.29, 0.717) is 33.6 Å². The van der Waals surface area contributed by atoms with E-state index in [1.807, 2.05) is 25.1 Å². The first-order valence-corrected chi connectivity index (χ1v) is 7.96. The molecule has 0 saturated heterocycles. The molecule has 4 rings (SSSR count). The second-order valence-corrected chi connectivity index (χ2v) is 5.92. The van der Waals surface area contributed by atoms with Crippen molar-refractivity contribution in [1.29, 1.82) is 0 Å². The van der Waals surface area contributed by atoms with E-state index >= 15 is 0 Å². The average molecular weight is 346 g/mol. The largest absolute Gasteiger partial charge is 0.345 e. The normalized spacial score (nSPS) is 14.3. The number of nitrogens with zero attached hydrogens (tertiary/aromatic N) is 2. The Labute approximate surface area is 148 Å². The molecule has 7 heteroatoms. The summed E-state index contributed by atoms with van der Waals surface area (Å²) in [5.41, 5.74) is 3.95. The summed E-state index contributed by atoms with van der Waals surface area (Å²) in [4.78, 5) is 30.8. The summed E-state index contributed by atoms with van der Waals surface area (Å²) >= 11 is 0. The lowest BCUT2D eigenvalue weighted by molar-refractivity contribution is -0.384. The molecule has 0 fully saturated rings. The molecule has 1 amide bonds. The van der Waals surface area contributed by atoms with Crippen LogP contribution in [0.15, 0.2) is 48.8 Å². The highest BCUT2D eigenvalue weighted by Crippen LogP contribution is 2.45. The van der Waals surface area contributed by atoms with Gasteiger partial charge in [0, 0.05) is 11.6 Å². The van der Waals surface area contributed by atoms with E-state index in [-0.39, 0.29) is 11.6 Å². The second kappa shape index (κ2) is 5.96. The van der Waals surface area contributed by atoms with Crippen molar-refractivity contribution in [2.45, 2.75) is 6.92 Å². The molecule has 1 aliphatic heterocycles. The number of carbonyl (C=O) groups is 1. The lowest BCUT2D eigenvalue weighted by atomic mass is 9.92. The second-order valence-electron chi connectivity index (χ2n) is 5.92. The van der Waals surface area contributed by atoms with E-state index in [2.05, 4.69) is 15.3 Å². The van der Waals surface area contributed by atoms with Crippen molar-refractivity contribution in [2.75, 3.05) is 5.32 Å².